The first-order valence-electron chi connectivity index (χ1n) is 7.97. The van der Waals surface area contributed by atoms with Crippen molar-refractivity contribution < 1.29 is 9.31 Å². The highest BCUT2D eigenvalue weighted by molar-refractivity contribution is 9.11. The quantitative estimate of drug-likeness (QED) is 0.502. The van der Waals surface area contributed by atoms with Crippen molar-refractivity contribution in [3.8, 4) is 17.2 Å². The van der Waals surface area contributed by atoms with Crippen molar-refractivity contribution in [1.82, 2.24) is 0 Å². The molecular formula is C17H13BrFN3O2S. The Morgan fingerprint density at radius 1 is 1.32 bits per heavy atom. The van der Waals surface area contributed by atoms with Crippen LogP contribution in [0.2, 0.25) is 0 Å². The van der Waals surface area contributed by atoms with E-state index in [2.05, 4.69) is 26.9 Å². The van der Waals surface area contributed by atoms with Crippen molar-refractivity contribution in [2.45, 2.75) is 37.8 Å². The molecule has 2 aliphatic rings. The molecule has 2 aromatic rings. The first kappa shape index (κ1) is 16.5. The lowest BCUT2D eigenvalue weighted by molar-refractivity contribution is -0.387. The molecule has 8 heteroatoms. The molecule has 128 valence electrons. The van der Waals surface area contributed by atoms with Crippen LogP contribution in [0.3, 0.4) is 0 Å². The second-order valence-electron chi connectivity index (χ2n) is 6.31. The molecule has 0 spiro atoms. The molecule has 0 unspecified atom stereocenters. The van der Waals surface area contributed by atoms with Crippen molar-refractivity contribution in [3.63, 3.8) is 0 Å². The molecule has 0 saturated carbocycles. The number of anilines is 1. The van der Waals surface area contributed by atoms with E-state index in [9.17, 15) is 19.8 Å². The van der Waals surface area contributed by atoms with Gasteiger partial charge >= 0.3 is 5.69 Å². The van der Waals surface area contributed by atoms with E-state index in [1.54, 1.807) is 0 Å². The smallest absolute Gasteiger partial charge is 0.305 e. The van der Waals surface area contributed by atoms with Gasteiger partial charge in [0, 0.05) is 29.3 Å². The predicted molar refractivity (Wildman–Crippen MR) is 97.3 cm³/mol. The first-order valence-corrected chi connectivity index (χ1v) is 9.58. The second kappa shape index (κ2) is 6.07. The lowest BCUT2D eigenvalue weighted by atomic mass is 10.0. The molecule has 5 nitrogen and oxygen atoms in total. The molecule has 3 heterocycles. The van der Waals surface area contributed by atoms with E-state index in [4.69, 9.17) is 0 Å². The number of hydrogen-bond acceptors (Lipinski definition) is 5. The van der Waals surface area contributed by atoms with Crippen molar-refractivity contribution in [3.05, 3.63) is 43.5 Å². The van der Waals surface area contributed by atoms with E-state index in [1.165, 1.54) is 23.5 Å². The van der Waals surface area contributed by atoms with E-state index in [0.717, 1.165) is 36.8 Å². The van der Waals surface area contributed by atoms with Crippen molar-refractivity contribution in [2.75, 3.05) is 4.90 Å². The third kappa shape index (κ3) is 2.45. The van der Waals surface area contributed by atoms with Crippen LogP contribution in [0.5, 0.6) is 0 Å². The normalized spacial score (nSPS) is 21.6. The highest BCUT2D eigenvalue weighted by atomic mass is 79.9. The second-order valence-corrected chi connectivity index (χ2v) is 8.63. The highest BCUT2D eigenvalue weighted by Gasteiger charge is 2.42. The number of fused-ring (bicyclic) bond motifs is 2. The van der Waals surface area contributed by atoms with Crippen molar-refractivity contribution in [1.29, 1.82) is 5.26 Å². The van der Waals surface area contributed by atoms with E-state index in [1.807, 2.05) is 0 Å². The Morgan fingerprint density at radius 3 is 2.52 bits per heavy atom. The van der Waals surface area contributed by atoms with Gasteiger partial charge in [-0.2, -0.15) is 9.65 Å². The summed E-state index contributed by atoms with van der Waals surface area (Å²) < 4.78 is 15.3. The molecular weight excluding hydrogens is 409 g/mol. The number of rotatable bonds is 3. The average Bonchev–Trinajstić information content (AvgIpc) is 3.26. The molecule has 0 aliphatic carbocycles. The van der Waals surface area contributed by atoms with Crippen LogP contribution in [0.15, 0.2) is 22.0 Å². The minimum atomic E-state index is -0.904. The first-order chi connectivity index (χ1) is 12.0. The van der Waals surface area contributed by atoms with Crippen molar-refractivity contribution >= 4 is 38.0 Å². The molecule has 2 fully saturated rings. The number of thiophene rings is 1. The summed E-state index contributed by atoms with van der Waals surface area (Å²) in [5, 5.41) is 21.6. The summed E-state index contributed by atoms with van der Waals surface area (Å²) in [5.74, 6) is -0.904. The number of nitriles is 1. The Bertz CT molecular complexity index is 903. The summed E-state index contributed by atoms with van der Waals surface area (Å²) >= 11 is 4.86. The zero-order valence-electron chi connectivity index (χ0n) is 13.0. The van der Waals surface area contributed by atoms with Gasteiger partial charge < -0.3 is 4.90 Å². The maximum atomic E-state index is 14.7. The van der Waals surface area contributed by atoms with Gasteiger partial charge in [-0.05, 0) is 41.6 Å². The molecule has 2 bridgehead atoms. The van der Waals surface area contributed by atoms with E-state index >= 15 is 0 Å². The Labute approximate surface area is 156 Å². The monoisotopic (exact) mass is 421 g/mol. The Morgan fingerprint density at radius 2 is 1.96 bits per heavy atom. The number of nitro benzene ring substituents is 1. The third-order valence-corrected chi connectivity index (χ3v) is 6.96. The van der Waals surface area contributed by atoms with Crippen LogP contribution in [-0.4, -0.2) is 17.0 Å². The van der Waals surface area contributed by atoms with Crippen LogP contribution in [0.1, 0.15) is 31.2 Å². The Hall–Kier alpha value is -1.98. The van der Waals surface area contributed by atoms with E-state index in [-0.39, 0.29) is 5.56 Å². The average molecular weight is 422 g/mol. The molecule has 0 atom stereocenters. The summed E-state index contributed by atoms with van der Waals surface area (Å²) in [5.41, 5.74) is 0.319. The zero-order chi connectivity index (χ0) is 17.7. The molecule has 0 N–H and O–H groups in total. The van der Waals surface area contributed by atoms with Gasteiger partial charge in [-0.3, -0.25) is 10.1 Å². The number of benzene rings is 1. The van der Waals surface area contributed by atoms with E-state index in [0.29, 0.717) is 27.0 Å². The molecule has 0 radical (unpaired) electrons. The van der Waals surface area contributed by atoms with Crippen LogP contribution in [-0.2, 0) is 0 Å². The fourth-order valence-corrected chi connectivity index (χ4v) is 6.03. The van der Waals surface area contributed by atoms with Crippen LogP contribution in [0.25, 0.3) is 11.1 Å². The van der Waals surface area contributed by atoms with Gasteiger partial charge in [-0.25, -0.2) is 0 Å². The summed E-state index contributed by atoms with van der Waals surface area (Å²) in [6.07, 6.45) is 4.47. The molecule has 2 saturated heterocycles. The minimum absolute atomic E-state index is 0.0895. The number of nitrogens with zero attached hydrogens (tertiary/aromatic N) is 3. The fourth-order valence-electron chi connectivity index (χ4n) is 4.02. The predicted octanol–water partition coefficient (Wildman–Crippen LogP) is 5.23. The topological polar surface area (TPSA) is 70.2 Å². The molecule has 1 aromatic carbocycles. The summed E-state index contributed by atoms with van der Waals surface area (Å²) in [7, 11) is 0. The number of halogens is 2. The fraction of sp³-hybridized carbons (Fsp3) is 0.353. The molecule has 2 aliphatic heterocycles. The summed E-state index contributed by atoms with van der Waals surface area (Å²) in [6, 6.07) is 7.14. The van der Waals surface area contributed by atoms with Gasteiger partial charge in [0.05, 0.1) is 14.3 Å². The van der Waals surface area contributed by atoms with Crippen LogP contribution < -0.4 is 4.90 Å². The van der Waals surface area contributed by atoms with E-state index < -0.39 is 16.4 Å². The van der Waals surface area contributed by atoms with Gasteiger partial charge in [-0.1, -0.05) is 12.1 Å². The zero-order valence-corrected chi connectivity index (χ0v) is 15.4. The molecule has 4 rings (SSSR count). The van der Waals surface area contributed by atoms with Gasteiger partial charge in [0.2, 0.25) is 5.82 Å². The lowest BCUT2D eigenvalue weighted by Gasteiger charge is -2.23. The third-order valence-electron chi connectivity index (χ3n) is 5.09. The molecule has 0 amide bonds. The van der Waals surface area contributed by atoms with Gasteiger partial charge in [0.25, 0.3) is 0 Å². The largest absolute Gasteiger partial charge is 0.356 e. The molecule has 25 heavy (non-hydrogen) atoms. The van der Waals surface area contributed by atoms with Crippen LogP contribution in [0, 0.1) is 27.3 Å². The standard InChI is InChI=1S/C17H13BrFN3O2S/c18-16-14(11-2-1-3-13(15(11)19)22(23)24)12(8-20)17(25-16)21-9-4-5-10(21)7-6-9/h1-3,9-10H,4-7H2. The number of hydrogen-bond donors (Lipinski definition) is 0. The summed E-state index contributed by atoms with van der Waals surface area (Å²) in [6.45, 7) is 0. The van der Waals surface area contributed by atoms with Crippen LogP contribution in [0.4, 0.5) is 15.1 Å². The van der Waals surface area contributed by atoms with Gasteiger partial charge in [0.15, 0.2) is 0 Å². The highest BCUT2D eigenvalue weighted by Crippen LogP contribution is 2.51. The number of nitro groups is 1. The van der Waals surface area contributed by atoms with Crippen LogP contribution >= 0.6 is 27.3 Å². The minimum Gasteiger partial charge on any atom is -0.356 e. The SMILES string of the molecule is N#Cc1c(N2C3CCC2CC3)sc(Br)c1-c1cccc([N+](=O)[O-])c1F. The maximum absolute atomic E-state index is 14.7. The van der Waals surface area contributed by atoms with Crippen molar-refractivity contribution in [2.24, 2.45) is 0 Å². The maximum Gasteiger partial charge on any atom is 0.305 e. The Kier molecular flexibility index (Phi) is 4.01. The Balaban J connectivity index is 1.89. The van der Waals surface area contributed by atoms with Gasteiger partial charge in [0.1, 0.15) is 11.1 Å². The molecule has 1 aromatic heterocycles. The summed E-state index contributed by atoms with van der Waals surface area (Å²) in [4.78, 5) is 12.6. The lowest BCUT2D eigenvalue weighted by Crippen LogP contribution is -2.27. The van der Waals surface area contributed by atoms with Gasteiger partial charge in [-0.15, -0.1) is 11.3 Å².